The van der Waals surface area contributed by atoms with Gasteiger partial charge in [0, 0.05) is 11.8 Å². The average Bonchev–Trinajstić information content (AvgIpc) is 2.57. The van der Waals surface area contributed by atoms with E-state index in [0.717, 1.165) is 11.3 Å². The Kier molecular flexibility index (Phi) is 6.47. The standard InChI is InChI=1S/C18H19N3O3/c1-14-4-2-6-16(12-14)24-11-9-20-18(22)21-15-5-3-7-17(13-15)23-10-8-19/h2-7,12-13H,9-11H2,1H3,(H2,20,21,22). The van der Waals surface area contributed by atoms with E-state index in [2.05, 4.69) is 10.6 Å². The first-order valence-corrected chi connectivity index (χ1v) is 7.51. The summed E-state index contributed by atoms with van der Waals surface area (Å²) in [6.45, 7) is 2.71. The van der Waals surface area contributed by atoms with E-state index >= 15 is 0 Å². The van der Waals surface area contributed by atoms with Gasteiger partial charge in [-0.3, -0.25) is 0 Å². The highest BCUT2D eigenvalue weighted by Crippen LogP contribution is 2.17. The highest BCUT2D eigenvalue weighted by Gasteiger charge is 2.03. The lowest BCUT2D eigenvalue weighted by Gasteiger charge is -2.10. The van der Waals surface area contributed by atoms with Crippen molar-refractivity contribution in [1.82, 2.24) is 5.32 Å². The summed E-state index contributed by atoms with van der Waals surface area (Å²) in [5, 5.41) is 13.9. The minimum atomic E-state index is -0.333. The van der Waals surface area contributed by atoms with Crippen LogP contribution in [0.25, 0.3) is 0 Å². The van der Waals surface area contributed by atoms with Gasteiger partial charge >= 0.3 is 6.03 Å². The molecular formula is C18H19N3O3. The molecule has 0 fully saturated rings. The van der Waals surface area contributed by atoms with E-state index in [9.17, 15) is 4.79 Å². The number of carbonyl (C=O) groups excluding carboxylic acids is 1. The lowest BCUT2D eigenvalue weighted by molar-refractivity contribution is 0.247. The zero-order valence-corrected chi connectivity index (χ0v) is 13.4. The predicted molar refractivity (Wildman–Crippen MR) is 91.2 cm³/mol. The second kappa shape index (κ2) is 9.06. The monoisotopic (exact) mass is 325 g/mol. The fraction of sp³-hybridized carbons (Fsp3) is 0.222. The van der Waals surface area contributed by atoms with Crippen LogP contribution in [0.3, 0.4) is 0 Å². The van der Waals surface area contributed by atoms with Crippen LogP contribution in [-0.4, -0.2) is 25.8 Å². The fourth-order valence-corrected chi connectivity index (χ4v) is 1.99. The largest absolute Gasteiger partial charge is 0.492 e. The van der Waals surface area contributed by atoms with E-state index in [0.29, 0.717) is 24.6 Å². The summed E-state index contributed by atoms with van der Waals surface area (Å²) < 4.78 is 10.7. The molecular weight excluding hydrogens is 306 g/mol. The van der Waals surface area contributed by atoms with Crippen molar-refractivity contribution in [2.45, 2.75) is 6.92 Å². The molecule has 0 radical (unpaired) electrons. The molecule has 0 saturated carbocycles. The van der Waals surface area contributed by atoms with E-state index in [1.54, 1.807) is 24.3 Å². The molecule has 0 heterocycles. The van der Waals surface area contributed by atoms with Gasteiger partial charge in [-0.15, -0.1) is 0 Å². The minimum Gasteiger partial charge on any atom is -0.492 e. The number of nitrogens with zero attached hydrogens (tertiary/aromatic N) is 1. The Morgan fingerprint density at radius 3 is 2.62 bits per heavy atom. The molecule has 0 saturated heterocycles. The molecule has 24 heavy (non-hydrogen) atoms. The number of benzene rings is 2. The Hall–Kier alpha value is -3.20. The Balaban J connectivity index is 1.72. The van der Waals surface area contributed by atoms with Gasteiger partial charge in [0.2, 0.25) is 0 Å². The lowest BCUT2D eigenvalue weighted by atomic mass is 10.2. The molecule has 2 aromatic rings. The van der Waals surface area contributed by atoms with Crippen LogP contribution in [0, 0.1) is 18.3 Å². The first kappa shape index (κ1) is 17.2. The summed E-state index contributed by atoms with van der Waals surface area (Å²) in [6.07, 6.45) is 0. The Labute approximate surface area is 141 Å². The van der Waals surface area contributed by atoms with Gasteiger partial charge in [-0.2, -0.15) is 5.26 Å². The van der Waals surface area contributed by atoms with E-state index < -0.39 is 0 Å². The average molecular weight is 325 g/mol. The van der Waals surface area contributed by atoms with E-state index in [-0.39, 0.29) is 12.6 Å². The highest BCUT2D eigenvalue weighted by atomic mass is 16.5. The topological polar surface area (TPSA) is 83.4 Å². The van der Waals surface area contributed by atoms with Crippen molar-refractivity contribution in [2.24, 2.45) is 0 Å². The molecule has 2 aromatic carbocycles. The second-order valence-corrected chi connectivity index (χ2v) is 5.02. The van der Waals surface area contributed by atoms with E-state index in [1.165, 1.54) is 0 Å². The molecule has 0 atom stereocenters. The molecule has 0 unspecified atom stereocenters. The van der Waals surface area contributed by atoms with Gasteiger partial charge in [0.15, 0.2) is 6.61 Å². The second-order valence-electron chi connectivity index (χ2n) is 5.02. The first-order valence-electron chi connectivity index (χ1n) is 7.51. The van der Waals surface area contributed by atoms with Gasteiger partial charge in [0.25, 0.3) is 0 Å². The predicted octanol–water partition coefficient (Wildman–Crippen LogP) is 3.10. The Morgan fingerprint density at radius 2 is 1.88 bits per heavy atom. The molecule has 0 aliphatic rings. The summed E-state index contributed by atoms with van der Waals surface area (Å²) in [6, 6.07) is 16.1. The van der Waals surface area contributed by atoms with Crippen molar-refractivity contribution in [3.63, 3.8) is 0 Å². The molecule has 0 spiro atoms. The molecule has 0 aromatic heterocycles. The van der Waals surface area contributed by atoms with Crippen LogP contribution in [0.1, 0.15) is 5.56 Å². The Morgan fingerprint density at radius 1 is 1.12 bits per heavy atom. The first-order chi connectivity index (χ1) is 11.7. The van der Waals surface area contributed by atoms with Gasteiger partial charge in [-0.1, -0.05) is 18.2 Å². The van der Waals surface area contributed by atoms with Gasteiger partial charge in [0.1, 0.15) is 24.2 Å². The molecule has 2 rings (SSSR count). The minimum absolute atomic E-state index is 0.0358. The number of carbonyl (C=O) groups is 1. The number of aryl methyl sites for hydroxylation is 1. The Bertz CT molecular complexity index is 725. The zero-order valence-electron chi connectivity index (χ0n) is 13.4. The van der Waals surface area contributed by atoms with Crippen molar-refractivity contribution < 1.29 is 14.3 Å². The van der Waals surface area contributed by atoms with E-state index in [4.69, 9.17) is 14.7 Å². The summed E-state index contributed by atoms with van der Waals surface area (Å²) in [5.74, 6) is 1.30. The van der Waals surface area contributed by atoms with Crippen LogP contribution in [0.5, 0.6) is 11.5 Å². The lowest BCUT2D eigenvalue weighted by Crippen LogP contribution is -2.32. The molecule has 124 valence electrons. The van der Waals surface area contributed by atoms with Crippen LogP contribution >= 0.6 is 0 Å². The van der Waals surface area contributed by atoms with Crippen molar-refractivity contribution in [3.8, 4) is 17.6 Å². The maximum Gasteiger partial charge on any atom is 0.319 e. The van der Waals surface area contributed by atoms with Gasteiger partial charge in [0.05, 0.1) is 6.54 Å². The maximum absolute atomic E-state index is 11.8. The number of nitriles is 1. The van der Waals surface area contributed by atoms with Crippen LogP contribution < -0.4 is 20.1 Å². The third-order valence-corrected chi connectivity index (χ3v) is 3.04. The normalized spacial score (nSPS) is 9.67. The third kappa shape index (κ3) is 5.89. The van der Waals surface area contributed by atoms with Crippen LogP contribution in [0.4, 0.5) is 10.5 Å². The third-order valence-electron chi connectivity index (χ3n) is 3.04. The van der Waals surface area contributed by atoms with Gasteiger partial charge in [-0.05, 0) is 36.8 Å². The molecule has 0 bridgehead atoms. The molecule has 0 aliphatic carbocycles. The number of ether oxygens (including phenoxy) is 2. The molecule has 2 amide bonds. The smallest absolute Gasteiger partial charge is 0.319 e. The number of hydrogen-bond donors (Lipinski definition) is 2. The zero-order chi connectivity index (χ0) is 17.2. The summed E-state index contributed by atoms with van der Waals surface area (Å²) in [7, 11) is 0. The fourth-order valence-electron chi connectivity index (χ4n) is 1.99. The van der Waals surface area contributed by atoms with E-state index in [1.807, 2.05) is 37.3 Å². The molecule has 6 nitrogen and oxygen atoms in total. The van der Waals surface area contributed by atoms with Crippen molar-refractivity contribution in [1.29, 1.82) is 5.26 Å². The van der Waals surface area contributed by atoms with Gasteiger partial charge < -0.3 is 20.1 Å². The molecule has 0 aliphatic heterocycles. The number of hydrogen-bond acceptors (Lipinski definition) is 4. The van der Waals surface area contributed by atoms with Crippen molar-refractivity contribution in [2.75, 3.05) is 25.1 Å². The highest BCUT2D eigenvalue weighted by molar-refractivity contribution is 5.89. The number of anilines is 1. The maximum atomic E-state index is 11.8. The van der Waals surface area contributed by atoms with Crippen LogP contribution in [0.15, 0.2) is 48.5 Å². The quantitative estimate of drug-likeness (QED) is 0.766. The number of rotatable bonds is 7. The van der Waals surface area contributed by atoms with Crippen LogP contribution in [0.2, 0.25) is 0 Å². The molecule has 6 heteroatoms. The summed E-state index contributed by atoms with van der Waals surface area (Å²) >= 11 is 0. The summed E-state index contributed by atoms with van der Waals surface area (Å²) in [5.41, 5.74) is 1.71. The SMILES string of the molecule is Cc1cccc(OCCNC(=O)Nc2cccc(OCC#N)c2)c1. The number of amides is 2. The molecule has 2 N–H and O–H groups in total. The van der Waals surface area contributed by atoms with Crippen molar-refractivity contribution in [3.05, 3.63) is 54.1 Å². The number of nitrogens with one attached hydrogen (secondary N) is 2. The van der Waals surface area contributed by atoms with Gasteiger partial charge in [-0.25, -0.2) is 4.79 Å². The number of urea groups is 1. The summed E-state index contributed by atoms with van der Waals surface area (Å²) in [4.78, 5) is 11.8. The van der Waals surface area contributed by atoms with Crippen LogP contribution in [-0.2, 0) is 0 Å². The van der Waals surface area contributed by atoms with Crippen molar-refractivity contribution >= 4 is 11.7 Å².